The maximum atomic E-state index is 14.2. The zero-order valence-corrected chi connectivity index (χ0v) is 13.9. The molecule has 126 valence electrons. The first kappa shape index (κ1) is 16.4. The fourth-order valence-corrected chi connectivity index (χ4v) is 3.86. The Morgan fingerprint density at radius 2 is 2.00 bits per heavy atom. The predicted molar refractivity (Wildman–Crippen MR) is 86.6 cm³/mol. The molecule has 0 N–H and O–H groups in total. The van der Waals surface area contributed by atoms with Crippen LogP contribution in [0.25, 0.3) is 0 Å². The lowest BCUT2D eigenvalue weighted by atomic mass is 9.97. The molecule has 2 aliphatic rings. The van der Waals surface area contributed by atoms with E-state index in [9.17, 15) is 9.18 Å². The van der Waals surface area contributed by atoms with Gasteiger partial charge in [-0.2, -0.15) is 0 Å². The summed E-state index contributed by atoms with van der Waals surface area (Å²) in [7, 11) is 3.64. The zero-order valence-electron chi connectivity index (χ0n) is 13.9. The average Bonchev–Trinajstić information content (AvgIpc) is 2.97. The van der Waals surface area contributed by atoms with Crippen molar-refractivity contribution < 1.29 is 13.9 Å². The second-order valence-electron chi connectivity index (χ2n) is 6.89. The number of rotatable bonds is 3. The van der Waals surface area contributed by atoms with E-state index in [4.69, 9.17) is 4.74 Å². The van der Waals surface area contributed by atoms with Gasteiger partial charge in [-0.3, -0.25) is 9.69 Å². The third-order valence-electron chi connectivity index (χ3n) is 5.03. The van der Waals surface area contributed by atoms with Gasteiger partial charge in [0.2, 0.25) is 5.91 Å². The van der Waals surface area contributed by atoms with Gasteiger partial charge < -0.3 is 9.64 Å². The third kappa shape index (κ3) is 3.26. The van der Waals surface area contributed by atoms with Crippen molar-refractivity contribution in [3.63, 3.8) is 0 Å². The van der Waals surface area contributed by atoms with Gasteiger partial charge in [0.15, 0.2) is 0 Å². The van der Waals surface area contributed by atoms with Crippen LogP contribution < -0.4 is 0 Å². The number of hydrogen-bond acceptors (Lipinski definition) is 3. The van der Waals surface area contributed by atoms with E-state index >= 15 is 0 Å². The highest BCUT2D eigenvalue weighted by atomic mass is 19.1. The second kappa shape index (κ2) is 6.57. The predicted octanol–water partition coefficient (Wildman–Crippen LogP) is 2.60. The van der Waals surface area contributed by atoms with Crippen molar-refractivity contribution in [1.29, 1.82) is 0 Å². The molecule has 1 atom stereocenters. The Balaban J connectivity index is 1.83. The molecule has 1 amide bonds. The van der Waals surface area contributed by atoms with Crippen LogP contribution >= 0.6 is 0 Å². The van der Waals surface area contributed by atoms with Crippen molar-refractivity contribution in [1.82, 2.24) is 9.80 Å². The molecule has 3 rings (SSSR count). The number of hydrogen-bond donors (Lipinski definition) is 0. The Labute approximate surface area is 137 Å². The normalized spacial score (nSPS) is 21.8. The maximum absolute atomic E-state index is 14.2. The van der Waals surface area contributed by atoms with E-state index in [0.29, 0.717) is 25.3 Å². The molecule has 1 aliphatic heterocycles. The highest BCUT2D eigenvalue weighted by molar-refractivity contribution is 5.83. The van der Waals surface area contributed by atoms with Crippen LogP contribution in [-0.4, -0.2) is 55.1 Å². The van der Waals surface area contributed by atoms with Gasteiger partial charge in [-0.25, -0.2) is 4.39 Å². The molecule has 0 radical (unpaired) electrons. The first-order chi connectivity index (χ1) is 11.0. The average molecular weight is 320 g/mol. The number of amides is 1. The molecule has 1 saturated heterocycles. The van der Waals surface area contributed by atoms with E-state index in [-0.39, 0.29) is 17.3 Å². The maximum Gasteiger partial charge on any atom is 0.244 e. The van der Waals surface area contributed by atoms with E-state index in [0.717, 1.165) is 25.7 Å². The number of carbonyl (C=O) groups is 1. The van der Waals surface area contributed by atoms with E-state index in [1.54, 1.807) is 23.1 Å². The van der Waals surface area contributed by atoms with Crippen LogP contribution in [0, 0.1) is 5.82 Å². The van der Waals surface area contributed by atoms with Gasteiger partial charge in [-0.05, 0) is 33.0 Å². The first-order valence-electron chi connectivity index (χ1n) is 8.36. The van der Waals surface area contributed by atoms with E-state index < -0.39 is 6.04 Å². The fraction of sp³-hybridized carbons (Fsp3) is 0.611. The molecule has 1 spiro atoms. The molecule has 0 unspecified atom stereocenters. The molecule has 1 aromatic rings. The van der Waals surface area contributed by atoms with Crippen LogP contribution in [0.15, 0.2) is 24.3 Å². The zero-order chi connectivity index (χ0) is 16.4. The van der Waals surface area contributed by atoms with Gasteiger partial charge in [-0.1, -0.05) is 31.0 Å². The van der Waals surface area contributed by atoms with Crippen LogP contribution in [0.1, 0.15) is 37.3 Å². The smallest absolute Gasteiger partial charge is 0.244 e. The van der Waals surface area contributed by atoms with E-state index in [1.807, 2.05) is 19.0 Å². The lowest BCUT2D eigenvalue weighted by Crippen LogP contribution is -2.54. The van der Waals surface area contributed by atoms with Crippen molar-refractivity contribution in [2.75, 3.05) is 33.8 Å². The molecule has 0 bridgehead atoms. The van der Waals surface area contributed by atoms with Crippen molar-refractivity contribution in [3.8, 4) is 0 Å². The summed E-state index contributed by atoms with van der Waals surface area (Å²) in [5, 5.41) is 0. The summed E-state index contributed by atoms with van der Waals surface area (Å²) in [6.45, 7) is 1.78. The molecule has 5 heteroatoms. The summed E-state index contributed by atoms with van der Waals surface area (Å²) in [5.74, 6) is -0.363. The van der Waals surface area contributed by atoms with Crippen LogP contribution in [0.5, 0.6) is 0 Å². The minimum Gasteiger partial charge on any atom is -0.371 e. The minimum atomic E-state index is -0.590. The fourth-order valence-electron chi connectivity index (χ4n) is 3.86. The molecule has 23 heavy (non-hydrogen) atoms. The number of benzene rings is 1. The summed E-state index contributed by atoms with van der Waals surface area (Å²) >= 11 is 0. The van der Waals surface area contributed by atoms with Crippen molar-refractivity contribution in [2.24, 2.45) is 0 Å². The first-order valence-corrected chi connectivity index (χ1v) is 8.36. The summed E-state index contributed by atoms with van der Waals surface area (Å²) in [4.78, 5) is 16.8. The number of nitrogens with zero attached hydrogens (tertiary/aromatic N) is 2. The topological polar surface area (TPSA) is 32.8 Å². The Bertz CT molecular complexity index is 570. The monoisotopic (exact) mass is 320 g/mol. The van der Waals surface area contributed by atoms with Crippen molar-refractivity contribution >= 4 is 5.91 Å². The third-order valence-corrected chi connectivity index (χ3v) is 5.03. The number of ether oxygens (including phenoxy) is 1. The molecule has 1 saturated carbocycles. The Kier molecular flexibility index (Phi) is 4.69. The molecule has 2 fully saturated rings. The van der Waals surface area contributed by atoms with Crippen molar-refractivity contribution in [2.45, 2.75) is 37.3 Å². The number of halogens is 1. The van der Waals surface area contributed by atoms with Gasteiger partial charge in [0.05, 0.1) is 12.2 Å². The quantitative estimate of drug-likeness (QED) is 0.858. The van der Waals surface area contributed by atoms with Gasteiger partial charge in [0.1, 0.15) is 11.9 Å². The molecule has 0 aromatic heterocycles. The van der Waals surface area contributed by atoms with Crippen LogP contribution in [0.2, 0.25) is 0 Å². The second-order valence-corrected chi connectivity index (χ2v) is 6.89. The summed E-state index contributed by atoms with van der Waals surface area (Å²) in [6.07, 6.45) is 4.35. The number of morpholine rings is 1. The highest BCUT2D eigenvalue weighted by Gasteiger charge is 2.42. The van der Waals surface area contributed by atoms with Crippen LogP contribution in [-0.2, 0) is 9.53 Å². The highest BCUT2D eigenvalue weighted by Crippen LogP contribution is 2.37. The van der Waals surface area contributed by atoms with Crippen LogP contribution in [0.4, 0.5) is 4.39 Å². The Morgan fingerprint density at radius 1 is 1.30 bits per heavy atom. The largest absolute Gasteiger partial charge is 0.371 e. The molecule has 1 heterocycles. The van der Waals surface area contributed by atoms with Gasteiger partial charge in [0.25, 0.3) is 0 Å². The van der Waals surface area contributed by atoms with E-state index in [2.05, 4.69) is 0 Å². The van der Waals surface area contributed by atoms with E-state index in [1.165, 1.54) is 6.07 Å². The Hall–Kier alpha value is -1.46. The SMILES string of the molecule is CN(C)[C@@H](C(=O)N1CCOC2(CCCC2)C1)c1ccccc1F. The van der Waals surface area contributed by atoms with Gasteiger partial charge >= 0.3 is 0 Å². The van der Waals surface area contributed by atoms with Gasteiger partial charge in [0, 0.05) is 18.7 Å². The standard InChI is InChI=1S/C18H25FN2O2/c1-20(2)16(14-7-3-4-8-15(14)19)17(22)21-11-12-23-18(13-21)9-5-6-10-18/h3-4,7-8,16H,5-6,9-13H2,1-2H3/t16-/m1/s1. The molecule has 1 aromatic carbocycles. The van der Waals surface area contributed by atoms with Gasteiger partial charge in [-0.15, -0.1) is 0 Å². The lowest BCUT2D eigenvalue weighted by molar-refractivity contribution is -0.154. The van der Waals surface area contributed by atoms with Crippen LogP contribution in [0.3, 0.4) is 0 Å². The molecular weight excluding hydrogens is 295 g/mol. The summed E-state index contributed by atoms with van der Waals surface area (Å²) in [5.41, 5.74) is 0.273. The molecule has 4 nitrogen and oxygen atoms in total. The Morgan fingerprint density at radius 3 is 2.65 bits per heavy atom. The number of likely N-dealkylation sites (N-methyl/N-ethyl adjacent to an activating group) is 1. The summed E-state index contributed by atoms with van der Waals surface area (Å²) < 4.78 is 20.2. The lowest BCUT2D eigenvalue weighted by Gasteiger charge is -2.42. The van der Waals surface area contributed by atoms with Crippen molar-refractivity contribution in [3.05, 3.63) is 35.6 Å². The molecular formula is C18H25FN2O2. The molecule has 1 aliphatic carbocycles. The number of carbonyl (C=O) groups excluding carboxylic acids is 1. The minimum absolute atomic E-state index is 0.0327. The summed E-state index contributed by atoms with van der Waals surface area (Å²) in [6, 6.07) is 5.95.